The topological polar surface area (TPSA) is 94.8 Å². The Balaban J connectivity index is 1.51. The van der Waals surface area contributed by atoms with Crippen LogP contribution in [0.3, 0.4) is 0 Å². The van der Waals surface area contributed by atoms with Gasteiger partial charge in [0.05, 0.1) is 33.3 Å². The van der Waals surface area contributed by atoms with E-state index in [2.05, 4.69) is 4.98 Å². The number of ether oxygens (including phenoxy) is 2. The number of benzene rings is 2. The van der Waals surface area contributed by atoms with Crippen molar-refractivity contribution in [3.63, 3.8) is 0 Å². The van der Waals surface area contributed by atoms with Gasteiger partial charge in [-0.15, -0.1) is 11.3 Å². The van der Waals surface area contributed by atoms with Crippen molar-refractivity contribution in [2.75, 3.05) is 13.8 Å². The van der Waals surface area contributed by atoms with Gasteiger partial charge in [0.2, 0.25) is 12.7 Å². The zero-order valence-electron chi connectivity index (χ0n) is 14.8. The minimum absolute atomic E-state index is 0.0174. The van der Waals surface area contributed by atoms with Crippen molar-refractivity contribution in [3.05, 3.63) is 63.2 Å². The summed E-state index contributed by atoms with van der Waals surface area (Å²) in [6.07, 6.45) is 2.72. The SMILES string of the molecule is CN(Cc1nc2ccccc2s1)C(=O)/C=C/c1cc2c(cc1[N+](=O)[O-])OCO2. The minimum atomic E-state index is -0.517. The Hall–Kier alpha value is -3.46. The van der Waals surface area contributed by atoms with Crippen molar-refractivity contribution in [2.24, 2.45) is 0 Å². The summed E-state index contributed by atoms with van der Waals surface area (Å²) in [6.45, 7) is 0.370. The summed E-state index contributed by atoms with van der Waals surface area (Å²) in [5.74, 6) is 0.454. The normalized spacial score (nSPS) is 12.6. The zero-order chi connectivity index (χ0) is 19.7. The predicted molar refractivity (Wildman–Crippen MR) is 104 cm³/mol. The first-order chi connectivity index (χ1) is 13.5. The van der Waals surface area contributed by atoms with Crippen LogP contribution in [0.15, 0.2) is 42.5 Å². The molecule has 1 aromatic heterocycles. The number of fused-ring (bicyclic) bond motifs is 2. The Morgan fingerprint density at radius 1 is 1.32 bits per heavy atom. The molecule has 0 N–H and O–H groups in total. The molecule has 0 spiro atoms. The number of rotatable bonds is 5. The van der Waals surface area contributed by atoms with Gasteiger partial charge in [0.15, 0.2) is 11.5 Å². The molecule has 0 bridgehead atoms. The van der Waals surface area contributed by atoms with Crippen LogP contribution in [-0.2, 0) is 11.3 Å². The number of hydrogen-bond donors (Lipinski definition) is 0. The molecule has 2 aromatic carbocycles. The van der Waals surface area contributed by atoms with Crippen LogP contribution in [0.25, 0.3) is 16.3 Å². The molecule has 4 rings (SSSR count). The monoisotopic (exact) mass is 397 g/mol. The summed E-state index contributed by atoms with van der Waals surface area (Å²) in [5.41, 5.74) is 1.02. The molecule has 3 aromatic rings. The first kappa shape index (κ1) is 17.9. The average molecular weight is 397 g/mol. The maximum atomic E-state index is 12.4. The highest BCUT2D eigenvalue weighted by Gasteiger charge is 2.22. The number of hydrogen-bond acceptors (Lipinski definition) is 7. The standard InChI is InChI=1S/C19H15N3O5S/c1-21(10-18-20-13-4-2-3-5-17(13)28-18)19(23)7-6-12-8-15-16(27-11-26-15)9-14(12)22(24)25/h2-9H,10-11H2,1H3/b7-6+. The van der Waals surface area contributed by atoms with Crippen LogP contribution in [0.4, 0.5) is 5.69 Å². The van der Waals surface area contributed by atoms with Crippen LogP contribution in [0.2, 0.25) is 0 Å². The van der Waals surface area contributed by atoms with Crippen LogP contribution in [0.1, 0.15) is 10.6 Å². The molecule has 1 aliphatic heterocycles. The molecule has 0 aliphatic carbocycles. The number of nitro benzene ring substituents is 1. The highest BCUT2D eigenvalue weighted by atomic mass is 32.1. The first-order valence-corrected chi connectivity index (χ1v) is 9.18. The van der Waals surface area contributed by atoms with Crippen molar-refractivity contribution in [2.45, 2.75) is 6.54 Å². The van der Waals surface area contributed by atoms with Gasteiger partial charge in [0.25, 0.3) is 5.69 Å². The summed E-state index contributed by atoms with van der Waals surface area (Å²) < 4.78 is 11.5. The van der Waals surface area contributed by atoms with Crippen LogP contribution < -0.4 is 9.47 Å². The summed E-state index contributed by atoms with van der Waals surface area (Å²) in [4.78, 5) is 29.2. The molecule has 0 fully saturated rings. The fourth-order valence-corrected chi connectivity index (χ4v) is 3.82. The number of likely N-dealkylation sites (N-methyl/N-ethyl adjacent to an activating group) is 1. The van der Waals surface area contributed by atoms with Crippen LogP contribution in [0, 0.1) is 10.1 Å². The third kappa shape index (κ3) is 3.52. The van der Waals surface area contributed by atoms with Gasteiger partial charge in [-0.3, -0.25) is 14.9 Å². The second-order valence-electron chi connectivity index (χ2n) is 6.12. The quantitative estimate of drug-likeness (QED) is 0.371. The molecule has 1 amide bonds. The van der Waals surface area contributed by atoms with Crippen molar-refractivity contribution in [3.8, 4) is 11.5 Å². The molecule has 2 heterocycles. The van der Waals surface area contributed by atoms with Crippen LogP contribution in [-0.4, -0.2) is 34.6 Å². The number of amides is 1. The van der Waals surface area contributed by atoms with Crippen molar-refractivity contribution in [1.82, 2.24) is 9.88 Å². The lowest BCUT2D eigenvalue weighted by atomic mass is 10.1. The molecule has 9 heteroatoms. The van der Waals surface area contributed by atoms with E-state index in [-0.39, 0.29) is 24.0 Å². The first-order valence-electron chi connectivity index (χ1n) is 8.37. The Labute approximate surface area is 163 Å². The van der Waals surface area contributed by atoms with Crippen molar-refractivity contribution >= 4 is 39.2 Å². The van der Waals surface area contributed by atoms with Gasteiger partial charge in [-0.1, -0.05) is 12.1 Å². The van der Waals surface area contributed by atoms with E-state index in [0.717, 1.165) is 15.2 Å². The fourth-order valence-electron chi connectivity index (χ4n) is 2.80. The van der Waals surface area contributed by atoms with Crippen LogP contribution in [0.5, 0.6) is 11.5 Å². The molecule has 8 nitrogen and oxygen atoms in total. The second-order valence-corrected chi connectivity index (χ2v) is 7.24. The average Bonchev–Trinajstić information content (AvgIpc) is 3.30. The summed E-state index contributed by atoms with van der Waals surface area (Å²) in [6, 6.07) is 10.6. The lowest BCUT2D eigenvalue weighted by Gasteiger charge is -2.12. The van der Waals surface area contributed by atoms with Gasteiger partial charge >= 0.3 is 0 Å². The maximum Gasteiger partial charge on any atom is 0.280 e. The Morgan fingerprint density at radius 2 is 2.07 bits per heavy atom. The number of thiazole rings is 1. The van der Waals surface area contributed by atoms with E-state index in [9.17, 15) is 14.9 Å². The minimum Gasteiger partial charge on any atom is -0.454 e. The highest BCUT2D eigenvalue weighted by Crippen LogP contribution is 2.38. The molecule has 142 valence electrons. The molecular formula is C19H15N3O5S. The third-order valence-corrected chi connectivity index (χ3v) is 5.23. The molecule has 0 unspecified atom stereocenters. The summed E-state index contributed by atoms with van der Waals surface area (Å²) in [5, 5.41) is 12.1. The Morgan fingerprint density at radius 3 is 2.82 bits per heavy atom. The molecule has 1 aliphatic rings. The van der Waals surface area contributed by atoms with E-state index in [1.54, 1.807) is 7.05 Å². The number of carbonyl (C=O) groups excluding carboxylic acids is 1. The number of nitrogens with zero attached hydrogens (tertiary/aromatic N) is 3. The molecular weight excluding hydrogens is 382 g/mol. The largest absolute Gasteiger partial charge is 0.454 e. The Kier molecular flexibility index (Phi) is 4.66. The van der Waals surface area contributed by atoms with Gasteiger partial charge in [-0.2, -0.15) is 0 Å². The van der Waals surface area contributed by atoms with E-state index in [0.29, 0.717) is 18.0 Å². The third-order valence-electron chi connectivity index (χ3n) is 4.21. The van der Waals surface area contributed by atoms with E-state index in [1.165, 1.54) is 40.5 Å². The number of para-hydroxylation sites is 1. The molecule has 0 saturated heterocycles. The smallest absolute Gasteiger partial charge is 0.280 e. The van der Waals surface area contributed by atoms with Gasteiger partial charge in [0.1, 0.15) is 5.01 Å². The lowest BCUT2D eigenvalue weighted by molar-refractivity contribution is -0.385. The number of carbonyl (C=O) groups is 1. The van der Waals surface area contributed by atoms with E-state index >= 15 is 0 Å². The van der Waals surface area contributed by atoms with Crippen molar-refractivity contribution < 1.29 is 19.2 Å². The van der Waals surface area contributed by atoms with E-state index in [1.807, 2.05) is 24.3 Å². The zero-order valence-corrected chi connectivity index (χ0v) is 15.6. The van der Waals surface area contributed by atoms with Gasteiger partial charge < -0.3 is 14.4 Å². The molecule has 28 heavy (non-hydrogen) atoms. The highest BCUT2D eigenvalue weighted by molar-refractivity contribution is 7.18. The Bertz CT molecular complexity index is 1080. The number of nitro groups is 1. The predicted octanol–water partition coefficient (Wildman–Crippen LogP) is 3.61. The molecule has 0 saturated carbocycles. The second kappa shape index (κ2) is 7.28. The van der Waals surface area contributed by atoms with E-state index < -0.39 is 4.92 Å². The number of aromatic nitrogens is 1. The van der Waals surface area contributed by atoms with E-state index in [4.69, 9.17) is 9.47 Å². The lowest BCUT2D eigenvalue weighted by Crippen LogP contribution is -2.23. The summed E-state index contributed by atoms with van der Waals surface area (Å²) in [7, 11) is 1.66. The van der Waals surface area contributed by atoms with Crippen LogP contribution >= 0.6 is 11.3 Å². The van der Waals surface area contributed by atoms with Gasteiger partial charge in [-0.25, -0.2) is 4.98 Å². The fraction of sp³-hybridized carbons (Fsp3) is 0.158. The van der Waals surface area contributed by atoms with Crippen molar-refractivity contribution in [1.29, 1.82) is 0 Å². The maximum absolute atomic E-state index is 12.4. The van der Waals surface area contributed by atoms with Gasteiger partial charge in [0, 0.05) is 13.1 Å². The molecule has 0 radical (unpaired) electrons. The van der Waals surface area contributed by atoms with Gasteiger partial charge in [-0.05, 0) is 24.3 Å². The summed E-state index contributed by atoms with van der Waals surface area (Å²) >= 11 is 1.53. The molecule has 0 atom stereocenters.